The van der Waals surface area contributed by atoms with Crippen molar-refractivity contribution in [2.45, 2.75) is 19.3 Å². The first kappa shape index (κ1) is 13.2. The third kappa shape index (κ3) is 4.75. The zero-order valence-electron chi connectivity index (χ0n) is 9.01. The summed E-state index contributed by atoms with van der Waals surface area (Å²) < 4.78 is 12.6. The molecular weight excluding hydrogens is 273 g/mol. The number of hydrogen-bond donors (Lipinski definition) is 1. The molecule has 1 aromatic carbocycles. The van der Waals surface area contributed by atoms with Crippen molar-refractivity contribution in [3.63, 3.8) is 0 Å². The minimum atomic E-state index is -0.325. The summed E-state index contributed by atoms with van der Waals surface area (Å²) in [6.45, 7) is 0.670. The Morgan fingerprint density at radius 3 is 2.50 bits per heavy atom. The van der Waals surface area contributed by atoms with E-state index in [1.165, 1.54) is 24.3 Å². The molecule has 88 valence electrons. The van der Waals surface area contributed by atoms with Crippen molar-refractivity contribution in [1.82, 2.24) is 5.32 Å². The summed E-state index contributed by atoms with van der Waals surface area (Å²) in [7, 11) is 0. The summed E-state index contributed by atoms with van der Waals surface area (Å²) in [6, 6.07) is 5.56. The van der Waals surface area contributed by atoms with Crippen LogP contribution in [0.3, 0.4) is 0 Å². The van der Waals surface area contributed by atoms with Gasteiger partial charge in [0.25, 0.3) is 5.91 Å². The lowest BCUT2D eigenvalue weighted by molar-refractivity contribution is 0.0953. The SMILES string of the molecule is O=C(NCCCCCBr)c1ccc(F)cc1. The standard InChI is InChI=1S/C12H15BrFNO/c13-8-2-1-3-9-15-12(16)10-4-6-11(14)7-5-10/h4-7H,1-3,8-9H2,(H,15,16). The molecule has 16 heavy (non-hydrogen) atoms. The highest BCUT2D eigenvalue weighted by atomic mass is 79.9. The number of carbonyl (C=O) groups is 1. The van der Waals surface area contributed by atoms with Gasteiger partial charge in [-0.1, -0.05) is 22.4 Å². The molecule has 0 radical (unpaired) electrons. The Balaban J connectivity index is 2.27. The molecular formula is C12H15BrFNO. The molecule has 0 unspecified atom stereocenters. The summed E-state index contributed by atoms with van der Waals surface area (Å²) in [5, 5.41) is 3.80. The zero-order chi connectivity index (χ0) is 11.8. The zero-order valence-corrected chi connectivity index (χ0v) is 10.6. The van der Waals surface area contributed by atoms with Crippen LogP contribution in [-0.4, -0.2) is 17.8 Å². The van der Waals surface area contributed by atoms with Gasteiger partial charge in [-0.3, -0.25) is 4.79 Å². The van der Waals surface area contributed by atoms with Crippen molar-refractivity contribution in [3.05, 3.63) is 35.6 Å². The Bertz CT molecular complexity index is 326. The van der Waals surface area contributed by atoms with Crippen molar-refractivity contribution in [2.75, 3.05) is 11.9 Å². The number of benzene rings is 1. The summed E-state index contributed by atoms with van der Waals surface area (Å²) >= 11 is 3.35. The second kappa shape index (κ2) is 7.39. The van der Waals surface area contributed by atoms with E-state index in [2.05, 4.69) is 21.2 Å². The van der Waals surface area contributed by atoms with E-state index in [0.29, 0.717) is 12.1 Å². The second-order valence-corrected chi connectivity index (χ2v) is 4.31. The predicted octanol–water partition coefficient (Wildman–Crippen LogP) is 3.12. The molecule has 0 aromatic heterocycles. The molecule has 1 aromatic rings. The van der Waals surface area contributed by atoms with Crippen LogP contribution in [0.15, 0.2) is 24.3 Å². The summed E-state index contributed by atoms with van der Waals surface area (Å²) in [4.78, 5) is 11.5. The molecule has 0 heterocycles. The maximum atomic E-state index is 12.6. The highest BCUT2D eigenvalue weighted by molar-refractivity contribution is 9.09. The Morgan fingerprint density at radius 2 is 1.88 bits per heavy atom. The molecule has 0 aliphatic carbocycles. The second-order valence-electron chi connectivity index (χ2n) is 3.51. The summed E-state index contributed by atoms with van der Waals surface area (Å²) in [5.74, 6) is -0.465. The van der Waals surface area contributed by atoms with Gasteiger partial charge in [0.05, 0.1) is 0 Å². The minimum Gasteiger partial charge on any atom is -0.352 e. The van der Waals surface area contributed by atoms with Gasteiger partial charge < -0.3 is 5.32 Å². The first-order valence-corrected chi connectivity index (χ1v) is 6.46. The Morgan fingerprint density at radius 1 is 1.19 bits per heavy atom. The fourth-order valence-electron chi connectivity index (χ4n) is 1.30. The third-order valence-electron chi connectivity index (χ3n) is 2.20. The van der Waals surface area contributed by atoms with Gasteiger partial charge in [0.1, 0.15) is 5.82 Å². The van der Waals surface area contributed by atoms with Gasteiger partial charge in [-0.25, -0.2) is 4.39 Å². The smallest absolute Gasteiger partial charge is 0.251 e. The normalized spacial score (nSPS) is 10.1. The van der Waals surface area contributed by atoms with E-state index in [1.54, 1.807) is 0 Å². The summed E-state index contributed by atoms with van der Waals surface area (Å²) in [5.41, 5.74) is 0.502. The highest BCUT2D eigenvalue weighted by Gasteiger charge is 2.03. The van der Waals surface area contributed by atoms with Crippen molar-refractivity contribution in [1.29, 1.82) is 0 Å². The number of rotatable bonds is 6. The Hall–Kier alpha value is -0.900. The van der Waals surface area contributed by atoms with Crippen molar-refractivity contribution in [3.8, 4) is 0 Å². The molecule has 4 heteroatoms. The van der Waals surface area contributed by atoms with Gasteiger partial charge in [-0.2, -0.15) is 0 Å². The van der Waals surface area contributed by atoms with E-state index in [0.717, 1.165) is 24.6 Å². The number of alkyl halides is 1. The monoisotopic (exact) mass is 287 g/mol. The van der Waals surface area contributed by atoms with Crippen LogP contribution in [-0.2, 0) is 0 Å². The van der Waals surface area contributed by atoms with Crippen LogP contribution < -0.4 is 5.32 Å². The summed E-state index contributed by atoms with van der Waals surface area (Å²) in [6.07, 6.45) is 3.18. The molecule has 1 rings (SSSR count). The molecule has 0 saturated heterocycles. The lowest BCUT2D eigenvalue weighted by Crippen LogP contribution is -2.24. The number of nitrogens with one attached hydrogen (secondary N) is 1. The van der Waals surface area contributed by atoms with E-state index in [1.807, 2.05) is 0 Å². The van der Waals surface area contributed by atoms with Gasteiger partial charge >= 0.3 is 0 Å². The lowest BCUT2D eigenvalue weighted by Gasteiger charge is -2.04. The molecule has 1 N–H and O–H groups in total. The molecule has 0 aliphatic rings. The third-order valence-corrected chi connectivity index (χ3v) is 2.76. The fraction of sp³-hybridized carbons (Fsp3) is 0.417. The van der Waals surface area contributed by atoms with E-state index in [4.69, 9.17) is 0 Å². The maximum absolute atomic E-state index is 12.6. The van der Waals surface area contributed by atoms with Crippen molar-refractivity contribution < 1.29 is 9.18 Å². The lowest BCUT2D eigenvalue weighted by atomic mass is 10.2. The van der Waals surface area contributed by atoms with E-state index >= 15 is 0 Å². The molecule has 0 atom stereocenters. The largest absolute Gasteiger partial charge is 0.352 e. The first-order chi connectivity index (χ1) is 7.74. The van der Waals surface area contributed by atoms with Crippen LogP contribution in [0, 0.1) is 5.82 Å². The molecule has 0 bridgehead atoms. The number of carbonyl (C=O) groups excluding carboxylic acids is 1. The first-order valence-electron chi connectivity index (χ1n) is 5.34. The van der Waals surface area contributed by atoms with Crippen LogP contribution in [0.5, 0.6) is 0 Å². The quantitative estimate of drug-likeness (QED) is 0.632. The average Bonchev–Trinajstić information content (AvgIpc) is 2.29. The average molecular weight is 288 g/mol. The molecule has 0 fully saturated rings. The van der Waals surface area contributed by atoms with Gasteiger partial charge in [0.15, 0.2) is 0 Å². The van der Waals surface area contributed by atoms with Gasteiger partial charge in [0, 0.05) is 17.4 Å². The maximum Gasteiger partial charge on any atom is 0.251 e. The molecule has 0 spiro atoms. The molecule has 0 aliphatic heterocycles. The molecule has 0 saturated carbocycles. The Labute approximate surface area is 103 Å². The Kier molecular flexibility index (Phi) is 6.08. The van der Waals surface area contributed by atoms with Gasteiger partial charge in [0.2, 0.25) is 0 Å². The minimum absolute atomic E-state index is 0.140. The van der Waals surface area contributed by atoms with Crippen LogP contribution in [0.4, 0.5) is 4.39 Å². The van der Waals surface area contributed by atoms with Gasteiger partial charge in [-0.15, -0.1) is 0 Å². The van der Waals surface area contributed by atoms with Crippen LogP contribution in [0.2, 0.25) is 0 Å². The van der Waals surface area contributed by atoms with Crippen molar-refractivity contribution in [2.24, 2.45) is 0 Å². The van der Waals surface area contributed by atoms with E-state index < -0.39 is 0 Å². The number of hydrogen-bond acceptors (Lipinski definition) is 1. The highest BCUT2D eigenvalue weighted by Crippen LogP contribution is 2.03. The van der Waals surface area contributed by atoms with Crippen LogP contribution in [0.1, 0.15) is 29.6 Å². The molecule has 1 amide bonds. The number of amides is 1. The molecule has 2 nitrogen and oxygen atoms in total. The topological polar surface area (TPSA) is 29.1 Å². The van der Waals surface area contributed by atoms with Crippen LogP contribution in [0.25, 0.3) is 0 Å². The fourth-order valence-corrected chi connectivity index (χ4v) is 1.70. The van der Waals surface area contributed by atoms with E-state index in [9.17, 15) is 9.18 Å². The number of unbranched alkanes of at least 4 members (excludes halogenated alkanes) is 2. The number of halogens is 2. The van der Waals surface area contributed by atoms with E-state index in [-0.39, 0.29) is 11.7 Å². The van der Waals surface area contributed by atoms with Gasteiger partial charge in [-0.05, 0) is 37.1 Å². The van der Waals surface area contributed by atoms with Crippen molar-refractivity contribution >= 4 is 21.8 Å². The predicted molar refractivity (Wildman–Crippen MR) is 66.4 cm³/mol. The van der Waals surface area contributed by atoms with Crippen LogP contribution >= 0.6 is 15.9 Å².